The van der Waals surface area contributed by atoms with E-state index in [2.05, 4.69) is 196 Å². The van der Waals surface area contributed by atoms with E-state index >= 15 is 0 Å². The van der Waals surface area contributed by atoms with Gasteiger partial charge in [-0.25, -0.2) is 4.99 Å². The van der Waals surface area contributed by atoms with Crippen LogP contribution in [0.2, 0.25) is 0 Å². The molecular formula is C57H42N2. The zero-order valence-electron chi connectivity index (χ0n) is 33.2. The Bertz CT molecular complexity index is 3150. The number of hydrogen-bond donors (Lipinski definition) is 1. The molecule has 2 heteroatoms. The van der Waals surface area contributed by atoms with Gasteiger partial charge in [0.15, 0.2) is 5.84 Å². The molecule has 0 atom stereocenters. The van der Waals surface area contributed by atoms with Crippen molar-refractivity contribution in [2.24, 2.45) is 4.99 Å². The van der Waals surface area contributed by atoms with Crippen molar-refractivity contribution < 1.29 is 0 Å². The number of allylic oxidation sites excluding steroid dienone is 1. The molecule has 59 heavy (non-hydrogen) atoms. The van der Waals surface area contributed by atoms with Crippen LogP contribution in [-0.4, -0.2) is 11.5 Å². The third-order valence-electron chi connectivity index (χ3n) is 12.0. The zero-order chi connectivity index (χ0) is 39.9. The summed E-state index contributed by atoms with van der Waals surface area (Å²) < 4.78 is 0. The summed E-state index contributed by atoms with van der Waals surface area (Å²) >= 11 is 0. The molecule has 0 aromatic heterocycles. The lowest BCUT2D eigenvalue weighted by Crippen LogP contribution is -2.14. The van der Waals surface area contributed by atoms with E-state index in [-0.39, 0.29) is 11.3 Å². The van der Waals surface area contributed by atoms with Gasteiger partial charge >= 0.3 is 0 Å². The lowest BCUT2D eigenvalue weighted by atomic mass is 9.81. The summed E-state index contributed by atoms with van der Waals surface area (Å²) in [5.74, 6) is 0.220. The minimum Gasteiger partial charge on any atom is -0.282 e. The average Bonchev–Trinajstić information content (AvgIpc) is 3.53. The van der Waals surface area contributed by atoms with E-state index in [1.165, 1.54) is 60.7 Å². The highest BCUT2D eigenvalue weighted by Gasteiger charge is 2.35. The van der Waals surface area contributed by atoms with Crippen molar-refractivity contribution in [3.8, 4) is 44.5 Å². The van der Waals surface area contributed by atoms with Gasteiger partial charge in [0.25, 0.3) is 0 Å². The van der Waals surface area contributed by atoms with Crippen LogP contribution in [0.1, 0.15) is 41.7 Å². The Morgan fingerprint density at radius 1 is 0.441 bits per heavy atom. The van der Waals surface area contributed by atoms with Crippen molar-refractivity contribution in [2.75, 3.05) is 0 Å². The molecule has 2 nitrogen and oxygen atoms in total. The third-order valence-corrected chi connectivity index (χ3v) is 12.0. The van der Waals surface area contributed by atoms with Gasteiger partial charge in [0, 0.05) is 16.5 Å². The molecule has 0 saturated heterocycles. The monoisotopic (exact) mass is 754 g/mol. The van der Waals surface area contributed by atoms with Gasteiger partial charge in [-0.3, -0.25) is 5.41 Å². The molecule has 0 amide bonds. The molecule has 0 fully saturated rings. The first-order valence-corrected chi connectivity index (χ1v) is 20.3. The summed E-state index contributed by atoms with van der Waals surface area (Å²) in [5.41, 5.74) is 16.0. The number of rotatable bonds is 7. The molecular weight excluding hydrogens is 713 g/mol. The molecule has 10 rings (SSSR count). The molecule has 0 radical (unpaired) electrons. The van der Waals surface area contributed by atoms with Gasteiger partial charge in [0.2, 0.25) is 0 Å². The minimum absolute atomic E-state index is 0.0501. The summed E-state index contributed by atoms with van der Waals surface area (Å²) in [6.07, 6.45) is 4.21. The fraction of sp³-hybridized carbons (Fsp3) is 0.0526. The van der Waals surface area contributed by atoms with Crippen LogP contribution in [0.3, 0.4) is 0 Å². The number of nitrogens with zero attached hydrogens (tertiary/aromatic N) is 1. The first-order chi connectivity index (χ1) is 28.9. The number of nitrogens with one attached hydrogen (secondary N) is 1. The number of benzene rings is 9. The third kappa shape index (κ3) is 6.69. The Balaban J connectivity index is 1.01. The van der Waals surface area contributed by atoms with Gasteiger partial charge in [-0.2, -0.15) is 0 Å². The van der Waals surface area contributed by atoms with Crippen LogP contribution in [0, 0.1) is 5.41 Å². The summed E-state index contributed by atoms with van der Waals surface area (Å²) in [5, 5.41) is 13.8. The number of fused-ring (bicyclic) bond motifs is 5. The predicted molar refractivity (Wildman–Crippen MR) is 251 cm³/mol. The zero-order valence-corrected chi connectivity index (χ0v) is 33.2. The molecule has 0 saturated carbocycles. The first-order valence-electron chi connectivity index (χ1n) is 20.3. The maximum absolute atomic E-state index is 9.00. The van der Waals surface area contributed by atoms with Crippen LogP contribution in [-0.2, 0) is 5.41 Å². The fourth-order valence-corrected chi connectivity index (χ4v) is 8.84. The Labute approximate surface area is 346 Å². The Hall–Kier alpha value is -7.42. The van der Waals surface area contributed by atoms with Crippen LogP contribution in [0.25, 0.3) is 72.1 Å². The molecule has 280 valence electrons. The molecule has 0 unspecified atom stereocenters. The molecule has 9 aromatic carbocycles. The van der Waals surface area contributed by atoms with Gasteiger partial charge in [-0.15, -0.1) is 0 Å². The van der Waals surface area contributed by atoms with Crippen molar-refractivity contribution in [3.05, 3.63) is 234 Å². The lowest BCUT2D eigenvalue weighted by Gasteiger charge is -2.22. The molecule has 0 bridgehead atoms. The normalized spacial score (nSPS) is 13.2. The first kappa shape index (κ1) is 36.0. The molecule has 9 aromatic rings. The van der Waals surface area contributed by atoms with Gasteiger partial charge in [-0.1, -0.05) is 196 Å². The van der Waals surface area contributed by atoms with Crippen molar-refractivity contribution in [2.45, 2.75) is 19.3 Å². The summed E-state index contributed by atoms with van der Waals surface area (Å²) in [6.45, 7) is 4.68. The SMILES string of the molecule is CC1(C)c2ccccc2-c2ccc(-c3cccc(-c4ccc(/C=C/C(=NC(=N)c5ccccc5)c5cccc(-c6ccc7ccccc7c6)c5)c5ccccc45)c3)cc21. The van der Waals surface area contributed by atoms with Crippen LogP contribution >= 0.6 is 0 Å². The van der Waals surface area contributed by atoms with E-state index in [0.29, 0.717) is 0 Å². The Morgan fingerprint density at radius 2 is 1.05 bits per heavy atom. The molecule has 0 heterocycles. The van der Waals surface area contributed by atoms with Crippen molar-refractivity contribution in [1.29, 1.82) is 5.41 Å². The smallest absolute Gasteiger partial charge is 0.152 e. The van der Waals surface area contributed by atoms with Crippen molar-refractivity contribution >= 4 is 39.2 Å². The quantitative estimate of drug-likeness (QED) is 0.124. The standard InChI is InChI=1S/C57H42N2/c1-57(2)53-25-11-10-24-51(53)52-32-29-45(37-54(52)57)42-18-12-20-46(35-42)49-31-28-39(48-22-8-9-23-50(48)49)30-33-55(59-56(58)40-15-4-3-5-16-40)47-21-13-19-43(36-47)44-27-26-38-14-6-7-17-41(38)34-44/h3-37,58H,1-2H3/b33-30+,58-56?,59-55?. The summed E-state index contributed by atoms with van der Waals surface area (Å²) in [4.78, 5) is 4.96. The second-order valence-electron chi connectivity index (χ2n) is 15.9. The van der Waals surface area contributed by atoms with Crippen LogP contribution in [0.5, 0.6) is 0 Å². The fourth-order valence-electron chi connectivity index (χ4n) is 8.84. The van der Waals surface area contributed by atoms with Crippen molar-refractivity contribution in [3.63, 3.8) is 0 Å². The van der Waals surface area contributed by atoms with E-state index in [1.807, 2.05) is 30.3 Å². The highest BCUT2D eigenvalue weighted by molar-refractivity contribution is 6.18. The second kappa shape index (κ2) is 14.8. The van der Waals surface area contributed by atoms with Crippen LogP contribution in [0.15, 0.2) is 211 Å². The predicted octanol–water partition coefficient (Wildman–Crippen LogP) is 14.8. The van der Waals surface area contributed by atoms with Gasteiger partial charge in [0.1, 0.15) is 0 Å². The van der Waals surface area contributed by atoms with Gasteiger partial charge in [-0.05, 0) is 113 Å². The number of aliphatic imine (C=N–C) groups is 1. The van der Waals surface area contributed by atoms with Gasteiger partial charge < -0.3 is 0 Å². The number of hydrogen-bond acceptors (Lipinski definition) is 1. The molecule has 0 spiro atoms. The molecule has 1 aliphatic carbocycles. The van der Waals surface area contributed by atoms with E-state index in [0.717, 1.165) is 38.9 Å². The average molecular weight is 755 g/mol. The Morgan fingerprint density at radius 3 is 1.92 bits per heavy atom. The number of amidine groups is 1. The lowest BCUT2D eigenvalue weighted by molar-refractivity contribution is 0.660. The molecule has 0 aliphatic heterocycles. The molecule has 1 N–H and O–H groups in total. The summed E-state index contributed by atoms with van der Waals surface area (Å²) in [6, 6.07) is 71.1. The van der Waals surface area contributed by atoms with E-state index in [9.17, 15) is 0 Å². The minimum atomic E-state index is -0.0501. The van der Waals surface area contributed by atoms with Gasteiger partial charge in [0.05, 0.1) is 5.71 Å². The topological polar surface area (TPSA) is 36.2 Å². The molecule has 1 aliphatic rings. The van der Waals surface area contributed by atoms with Crippen LogP contribution < -0.4 is 0 Å². The maximum Gasteiger partial charge on any atom is 0.152 e. The largest absolute Gasteiger partial charge is 0.282 e. The Kier molecular flexibility index (Phi) is 9.03. The van der Waals surface area contributed by atoms with E-state index < -0.39 is 0 Å². The van der Waals surface area contributed by atoms with Crippen LogP contribution in [0.4, 0.5) is 0 Å². The van der Waals surface area contributed by atoms with E-state index in [1.54, 1.807) is 0 Å². The maximum atomic E-state index is 9.00. The second-order valence-corrected chi connectivity index (χ2v) is 15.9. The highest BCUT2D eigenvalue weighted by Crippen LogP contribution is 2.49. The van der Waals surface area contributed by atoms with Crippen molar-refractivity contribution in [1.82, 2.24) is 0 Å². The van der Waals surface area contributed by atoms with E-state index in [4.69, 9.17) is 10.4 Å². The highest BCUT2D eigenvalue weighted by atomic mass is 14.8. The summed E-state index contributed by atoms with van der Waals surface area (Å²) in [7, 11) is 0.